The molecule has 0 N–H and O–H groups in total. The molecule has 0 unspecified atom stereocenters. The fourth-order valence-electron chi connectivity index (χ4n) is 3.16. The van der Waals surface area contributed by atoms with Gasteiger partial charge in [0.15, 0.2) is 0 Å². The lowest BCUT2D eigenvalue weighted by atomic mass is 9.94. The summed E-state index contributed by atoms with van der Waals surface area (Å²) >= 11 is 9.63. The zero-order valence-corrected chi connectivity index (χ0v) is 14.7. The largest absolute Gasteiger partial charge is 0.327 e. The summed E-state index contributed by atoms with van der Waals surface area (Å²) in [6, 6.07) is 6.24. The van der Waals surface area contributed by atoms with E-state index in [9.17, 15) is 0 Å². The van der Waals surface area contributed by atoms with Gasteiger partial charge in [0.1, 0.15) is 5.82 Å². The van der Waals surface area contributed by atoms with Crippen molar-refractivity contribution in [3.05, 3.63) is 28.5 Å². The first-order chi connectivity index (χ1) is 10.2. The van der Waals surface area contributed by atoms with Crippen molar-refractivity contribution in [1.29, 1.82) is 0 Å². The molecule has 0 amide bonds. The summed E-state index contributed by atoms with van der Waals surface area (Å²) in [6.07, 6.45) is 3.84. The summed E-state index contributed by atoms with van der Waals surface area (Å²) < 4.78 is 3.39. The van der Waals surface area contributed by atoms with Gasteiger partial charge in [0, 0.05) is 11.0 Å². The lowest BCUT2D eigenvalue weighted by Gasteiger charge is -2.29. The van der Waals surface area contributed by atoms with Gasteiger partial charge in [-0.3, -0.25) is 0 Å². The molecular formula is C16H21BrClN3. The van der Waals surface area contributed by atoms with E-state index in [1.54, 1.807) is 0 Å². The first-order valence-corrected chi connectivity index (χ1v) is 8.89. The summed E-state index contributed by atoms with van der Waals surface area (Å²) in [7, 11) is 2.21. The fourth-order valence-corrected chi connectivity index (χ4v) is 3.71. The quantitative estimate of drug-likeness (QED) is 0.749. The van der Waals surface area contributed by atoms with Gasteiger partial charge in [-0.05, 0) is 63.5 Å². The van der Waals surface area contributed by atoms with Crippen molar-refractivity contribution in [2.24, 2.45) is 5.92 Å². The highest BCUT2D eigenvalue weighted by atomic mass is 79.9. The van der Waals surface area contributed by atoms with E-state index in [0.29, 0.717) is 5.88 Å². The molecular weight excluding hydrogens is 350 g/mol. The van der Waals surface area contributed by atoms with Crippen LogP contribution < -0.4 is 0 Å². The summed E-state index contributed by atoms with van der Waals surface area (Å²) in [5.74, 6) is 2.28. The third-order valence-electron chi connectivity index (χ3n) is 4.51. The van der Waals surface area contributed by atoms with Crippen molar-refractivity contribution >= 4 is 38.6 Å². The monoisotopic (exact) mass is 369 g/mol. The molecule has 21 heavy (non-hydrogen) atoms. The Balaban J connectivity index is 1.77. The van der Waals surface area contributed by atoms with E-state index < -0.39 is 0 Å². The lowest BCUT2D eigenvalue weighted by molar-refractivity contribution is 0.208. The van der Waals surface area contributed by atoms with E-state index in [1.165, 1.54) is 37.9 Å². The van der Waals surface area contributed by atoms with Crippen LogP contribution in [-0.2, 0) is 12.4 Å². The van der Waals surface area contributed by atoms with Crippen LogP contribution in [0.1, 0.15) is 25.1 Å². The van der Waals surface area contributed by atoms with Crippen LogP contribution in [0.4, 0.5) is 0 Å². The highest BCUT2D eigenvalue weighted by molar-refractivity contribution is 9.10. The van der Waals surface area contributed by atoms with Gasteiger partial charge in [-0.1, -0.05) is 15.9 Å². The normalized spacial score (nSPS) is 17.7. The average molecular weight is 371 g/mol. The Labute approximate surface area is 139 Å². The number of likely N-dealkylation sites (tertiary alicyclic amines) is 1. The summed E-state index contributed by atoms with van der Waals surface area (Å²) in [6.45, 7) is 3.47. The molecule has 2 heterocycles. The number of alkyl halides is 1. The van der Waals surface area contributed by atoms with Gasteiger partial charge in [0.25, 0.3) is 0 Å². The molecule has 0 saturated carbocycles. The maximum Gasteiger partial charge on any atom is 0.124 e. The fraction of sp³-hybridized carbons (Fsp3) is 0.562. The number of benzene rings is 1. The van der Waals surface area contributed by atoms with Crippen molar-refractivity contribution in [2.45, 2.75) is 31.7 Å². The maximum absolute atomic E-state index is 6.08. The molecule has 0 aliphatic carbocycles. The first kappa shape index (κ1) is 15.3. The minimum Gasteiger partial charge on any atom is -0.327 e. The molecule has 114 valence electrons. The zero-order chi connectivity index (χ0) is 14.8. The molecule has 1 saturated heterocycles. The van der Waals surface area contributed by atoms with E-state index in [-0.39, 0.29) is 0 Å². The molecule has 0 radical (unpaired) electrons. The summed E-state index contributed by atoms with van der Waals surface area (Å²) in [5, 5.41) is 0. The predicted octanol–water partition coefficient (Wildman–Crippen LogP) is 4.27. The number of aryl methyl sites for hydroxylation is 1. The number of hydrogen-bond acceptors (Lipinski definition) is 2. The summed E-state index contributed by atoms with van der Waals surface area (Å²) in [4.78, 5) is 7.07. The molecule has 0 bridgehead atoms. The Bertz CT molecular complexity index is 617. The highest BCUT2D eigenvalue weighted by Crippen LogP contribution is 2.25. The molecule has 1 aliphatic heterocycles. The second-order valence-corrected chi connectivity index (χ2v) is 7.16. The molecule has 5 heteroatoms. The highest BCUT2D eigenvalue weighted by Gasteiger charge is 2.18. The molecule has 3 rings (SSSR count). The molecule has 0 spiro atoms. The van der Waals surface area contributed by atoms with Gasteiger partial charge >= 0.3 is 0 Å². The predicted molar refractivity (Wildman–Crippen MR) is 91.8 cm³/mol. The van der Waals surface area contributed by atoms with Crippen molar-refractivity contribution in [3.8, 4) is 0 Å². The Morgan fingerprint density at radius 2 is 2.10 bits per heavy atom. The van der Waals surface area contributed by atoms with Crippen LogP contribution in [0.25, 0.3) is 11.0 Å². The molecule has 2 aromatic rings. The van der Waals surface area contributed by atoms with Crippen LogP contribution in [0.15, 0.2) is 22.7 Å². The molecule has 1 aromatic carbocycles. The topological polar surface area (TPSA) is 21.1 Å². The number of nitrogens with zero attached hydrogens (tertiary/aromatic N) is 3. The van der Waals surface area contributed by atoms with Gasteiger partial charge in [-0.25, -0.2) is 4.98 Å². The van der Waals surface area contributed by atoms with Gasteiger partial charge in [-0.15, -0.1) is 11.6 Å². The van der Waals surface area contributed by atoms with E-state index in [2.05, 4.69) is 49.6 Å². The van der Waals surface area contributed by atoms with E-state index in [0.717, 1.165) is 28.3 Å². The van der Waals surface area contributed by atoms with Gasteiger partial charge in [0.05, 0.1) is 16.9 Å². The molecule has 1 aromatic heterocycles. The maximum atomic E-state index is 6.08. The van der Waals surface area contributed by atoms with Crippen LogP contribution in [0, 0.1) is 5.92 Å². The van der Waals surface area contributed by atoms with Gasteiger partial charge < -0.3 is 9.47 Å². The van der Waals surface area contributed by atoms with Crippen molar-refractivity contribution in [2.75, 3.05) is 20.1 Å². The van der Waals surface area contributed by atoms with Crippen molar-refractivity contribution in [3.63, 3.8) is 0 Å². The lowest BCUT2D eigenvalue weighted by Crippen LogP contribution is -2.30. The Hall–Kier alpha value is -0.580. The van der Waals surface area contributed by atoms with Crippen LogP contribution in [-0.4, -0.2) is 34.6 Å². The van der Waals surface area contributed by atoms with Gasteiger partial charge in [0.2, 0.25) is 0 Å². The van der Waals surface area contributed by atoms with Crippen LogP contribution >= 0.6 is 27.5 Å². The second kappa shape index (κ2) is 6.67. The summed E-state index contributed by atoms with van der Waals surface area (Å²) in [5.41, 5.74) is 2.23. The number of piperidine rings is 1. The first-order valence-electron chi connectivity index (χ1n) is 7.56. The minimum absolute atomic E-state index is 0.472. The van der Waals surface area contributed by atoms with E-state index in [1.807, 2.05) is 6.07 Å². The molecule has 3 nitrogen and oxygen atoms in total. The minimum atomic E-state index is 0.472. The van der Waals surface area contributed by atoms with Crippen molar-refractivity contribution in [1.82, 2.24) is 14.5 Å². The second-order valence-electron chi connectivity index (χ2n) is 5.98. The third-order valence-corrected chi connectivity index (χ3v) is 5.24. The Morgan fingerprint density at radius 3 is 2.81 bits per heavy atom. The molecule has 1 fully saturated rings. The smallest absolute Gasteiger partial charge is 0.124 e. The number of rotatable bonds is 4. The van der Waals surface area contributed by atoms with Gasteiger partial charge in [-0.2, -0.15) is 0 Å². The zero-order valence-electron chi connectivity index (χ0n) is 12.4. The Kier molecular flexibility index (Phi) is 4.87. The van der Waals surface area contributed by atoms with Crippen molar-refractivity contribution < 1.29 is 0 Å². The van der Waals surface area contributed by atoms with Crippen LogP contribution in [0.3, 0.4) is 0 Å². The average Bonchev–Trinajstić information content (AvgIpc) is 2.84. The number of halogens is 2. The molecule has 0 atom stereocenters. The van der Waals surface area contributed by atoms with Crippen LogP contribution in [0.2, 0.25) is 0 Å². The number of aromatic nitrogens is 2. The Morgan fingerprint density at radius 1 is 1.33 bits per heavy atom. The number of imidazole rings is 1. The number of hydrogen-bond donors (Lipinski definition) is 0. The van der Waals surface area contributed by atoms with E-state index in [4.69, 9.17) is 11.6 Å². The SMILES string of the molecule is CN1CCC(CCn2c(CCl)nc3ccc(Br)cc32)CC1. The molecule has 1 aliphatic rings. The van der Waals surface area contributed by atoms with E-state index >= 15 is 0 Å². The third kappa shape index (κ3) is 3.43. The van der Waals surface area contributed by atoms with Crippen LogP contribution in [0.5, 0.6) is 0 Å². The number of fused-ring (bicyclic) bond motifs is 1. The standard InChI is InChI=1S/C16H21BrClN3/c1-20-7-4-12(5-8-20)6-9-21-15-10-13(17)2-3-14(15)19-16(21)11-18/h2-3,10,12H,4-9,11H2,1H3.